The van der Waals surface area contributed by atoms with Crippen molar-refractivity contribution in [3.05, 3.63) is 92.2 Å². The van der Waals surface area contributed by atoms with E-state index in [0.717, 1.165) is 11.3 Å². The number of ketones is 1. The molecule has 0 fully saturated rings. The maximum Gasteiger partial charge on any atom is 0.265 e. The number of halogens is 1. The third-order valence-corrected chi connectivity index (χ3v) is 7.29. The lowest BCUT2D eigenvalue weighted by Crippen LogP contribution is -2.35. The van der Waals surface area contributed by atoms with Crippen LogP contribution in [0.25, 0.3) is 27.5 Å². The van der Waals surface area contributed by atoms with Gasteiger partial charge in [-0.05, 0) is 36.1 Å². The summed E-state index contributed by atoms with van der Waals surface area (Å²) in [4.78, 5) is 31.9. The SMILES string of the molecule is CC1(C)CC(=O)c2cc(-c3nc(-c4ccc(Cl)cc4)cs3)c(=O)n(-c3ccccc3CO)c2C1. The highest BCUT2D eigenvalue weighted by atomic mass is 35.5. The fraction of sp³-hybridized carbons (Fsp3) is 0.222. The molecule has 2 aromatic carbocycles. The Kier molecular flexibility index (Phi) is 5.76. The van der Waals surface area contributed by atoms with Crippen molar-refractivity contribution < 1.29 is 9.90 Å². The smallest absolute Gasteiger partial charge is 0.265 e. The molecule has 7 heteroatoms. The molecule has 0 spiro atoms. The molecular weight excluding hydrogens is 468 g/mol. The number of rotatable bonds is 4. The highest BCUT2D eigenvalue weighted by molar-refractivity contribution is 7.13. The largest absolute Gasteiger partial charge is 0.392 e. The maximum absolute atomic E-state index is 13.9. The molecule has 172 valence electrons. The Bertz CT molecular complexity index is 1470. The molecule has 0 unspecified atom stereocenters. The Hall–Kier alpha value is -3.06. The number of hydrogen-bond donors (Lipinski definition) is 1. The van der Waals surface area contributed by atoms with Gasteiger partial charge in [-0.3, -0.25) is 14.2 Å². The van der Waals surface area contributed by atoms with Crippen molar-refractivity contribution in [3.8, 4) is 27.5 Å². The van der Waals surface area contributed by atoms with Crippen LogP contribution in [0.15, 0.2) is 64.8 Å². The minimum absolute atomic E-state index is 0.0113. The average molecular weight is 491 g/mol. The highest BCUT2D eigenvalue weighted by Gasteiger charge is 2.35. The van der Waals surface area contributed by atoms with Gasteiger partial charge < -0.3 is 5.11 Å². The number of aliphatic hydroxyl groups is 1. The second-order valence-corrected chi connectivity index (χ2v) is 10.6. The minimum Gasteiger partial charge on any atom is -0.392 e. The Balaban J connectivity index is 1.75. The number of hydrogen-bond acceptors (Lipinski definition) is 5. The number of aromatic nitrogens is 2. The van der Waals surface area contributed by atoms with Crippen molar-refractivity contribution in [2.75, 3.05) is 0 Å². The molecule has 0 saturated carbocycles. The van der Waals surface area contributed by atoms with Crippen molar-refractivity contribution >= 4 is 28.7 Å². The van der Waals surface area contributed by atoms with Crippen LogP contribution in [-0.2, 0) is 13.0 Å². The van der Waals surface area contributed by atoms with Gasteiger partial charge >= 0.3 is 0 Å². The quantitative estimate of drug-likeness (QED) is 0.385. The number of fused-ring (bicyclic) bond motifs is 1. The molecule has 1 aliphatic carbocycles. The molecule has 34 heavy (non-hydrogen) atoms. The summed E-state index contributed by atoms with van der Waals surface area (Å²) < 4.78 is 1.61. The van der Waals surface area contributed by atoms with Gasteiger partial charge in [0.15, 0.2) is 5.78 Å². The number of benzene rings is 2. The van der Waals surface area contributed by atoms with E-state index in [0.29, 0.717) is 50.9 Å². The highest BCUT2D eigenvalue weighted by Crippen LogP contribution is 2.37. The van der Waals surface area contributed by atoms with E-state index in [1.807, 2.05) is 49.6 Å². The molecule has 0 saturated heterocycles. The summed E-state index contributed by atoms with van der Waals surface area (Å²) in [6.45, 7) is 3.86. The summed E-state index contributed by atoms with van der Waals surface area (Å²) in [6.07, 6.45) is 0.991. The molecule has 2 heterocycles. The van der Waals surface area contributed by atoms with Gasteiger partial charge in [-0.15, -0.1) is 11.3 Å². The molecule has 0 bridgehead atoms. The van der Waals surface area contributed by atoms with Gasteiger partial charge in [-0.1, -0.05) is 55.8 Å². The van der Waals surface area contributed by atoms with Gasteiger partial charge in [0.2, 0.25) is 0 Å². The topological polar surface area (TPSA) is 72.2 Å². The zero-order chi connectivity index (χ0) is 24.0. The predicted octanol–water partition coefficient (Wildman–Crippen LogP) is 5.93. The van der Waals surface area contributed by atoms with Crippen LogP contribution >= 0.6 is 22.9 Å². The van der Waals surface area contributed by atoms with Crippen molar-refractivity contribution in [2.24, 2.45) is 5.41 Å². The zero-order valence-corrected chi connectivity index (χ0v) is 20.4. The lowest BCUT2D eigenvalue weighted by molar-refractivity contribution is 0.0909. The van der Waals surface area contributed by atoms with E-state index >= 15 is 0 Å². The number of pyridine rings is 1. The first-order valence-corrected chi connectivity index (χ1v) is 12.3. The van der Waals surface area contributed by atoms with Crippen LogP contribution < -0.4 is 5.56 Å². The van der Waals surface area contributed by atoms with Crippen LogP contribution in [0.5, 0.6) is 0 Å². The lowest BCUT2D eigenvalue weighted by atomic mass is 9.75. The summed E-state index contributed by atoms with van der Waals surface area (Å²) in [6, 6.07) is 16.3. The van der Waals surface area contributed by atoms with E-state index in [4.69, 9.17) is 16.6 Å². The predicted molar refractivity (Wildman–Crippen MR) is 136 cm³/mol. The number of carbonyl (C=O) groups is 1. The van der Waals surface area contributed by atoms with Crippen LogP contribution in [0, 0.1) is 5.41 Å². The van der Waals surface area contributed by atoms with Crippen LogP contribution in [0.1, 0.15) is 41.9 Å². The third kappa shape index (κ3) is 4.02. The van der Waals surface area contributed by atoms with Crippen molar-refractivity contribution in [3.63, 3.8) is 0 Å². The van der Waals surface area contributed by atoms with Crippen molar-refractivity contribution in [1.29, 1.82) is 0 Å². The molecular formula is C27H23ClN2O3S. The van der Waals surface area contributed by atoms with Gasteiger partial charge in [0.25, 0.3) is 5.56 Å². The molecule has 0 atom stereocenters. The normalized spacial score (nSPS) is 14.8. The number of thiazole rings is 1. The summed E-state index contributed by atoms with van der Waals surface area (Å²) in [5.41, 5.74) is 3.95. The van der Waals surface area contributed by atoms with Crippen LogP contribution in [-0.4, -0.2) is 20.4 Å². The molecule has 2 aromatic heterocycles. The van der Waals surface area contributed by atoms with Gasteiger partial charge in [-0.2, -0.15) is 0 Å². The number of carbonyl (C=O) groups excluding carboxylic acids is 1. The third-order valence-electron chi connectivity index (χ3n) is 6.17. The first-order chi connectivity index (χ1) is 16.3. The van der Waals surface area contributed by atoms with E-state index in [-0.39, 0.29) is 23.4 Å². The van der Waals surface area contributed by atoms with Crippen molar-refractivity contribution in [2.45, 2.75) is 33.3 Å². The van der Waals surface area contributed by atoms with Crippen LogP contribution in [0.4, 0.5) is 0 Å². The number of nitrogens with zero attached hydrogens (tertiary/aromatic N) is 2. The van der Waals surface area contributed by atoms with E-state index in [2.05, 4.69) is 0 Å². The molecule has 5 rings (SSSR count). The summed E-state index contributed by atoms with van der Waals surface area (Å²) >= 11 is 7.37. The summed E-state index contributed by atoms with van der Waals surface area (Å²) in [5.74, 6) is 0.0113. The van der Waals surface area contributed by atoms with Crippen molar-refractivity contribution in [1.82, 2.24) is 9.55 Å². The van der Waals surface area contributed by atoms with Gasteiger partial charge in [0, 0.05) is 39.2 Å². The van der Waals surface area contributed by atoms with Crippen LogP contribution in [0.2, 0.25) is 5.02 Å². The molecule has 0 radical (unpaired) electrons. The van der Waals surface area contributed by atoms with E-state index in [9.17, 15) is 14.7 Å². The monoisotopic (exact) mass is 490 g/mol. The Morgan fingerprint density at radius 1 is 1.06 bits per heavy atom. The fourth-order valence-electron chi connectivity index (χ4n) is 4.54. The molecule has 0 aliphatic heterocycles. The maximum atomic E-state index is 13.9. The molecule has 4 aromatic rings. The van der Waals surface area contributed by atoms with Gasteiger partial charge in [0.1, 0.15) is 5.01 Å². The van der Waals surface area contributed by atoms with E-state index < -0.39 is 0 Å². The number of para-hydroxylation sites is 1. The fourth-order valence-corrected chi connectivity index (χ4v) is 5.50. The molecule has 5 nitrogen and oxygen atoms in total. The Morgan fingerprint density at radius 3 is 2.53 bits per heavy atom. The molecule has 0 amide bonds. The summed E-state index contributed by atoms with van der Waals surface area (Å²) in [7, 11) is 0. The lowest BCUT2D eigenvalue weighted by Gasteiger charge is -2.32. The average Bonchev–Trinajstić information content (AvgIpc) is 3.28. The van der Waals surface area contributed by atoms with Crippen LogP contribution in [0.3, 0.4) is 0 Å². The van der Waals surface area contributed by atoms with E-state index in [1.165, 1.54) is 11.3 Å². The zero-order valence-electron chi connectivity index (χ0n) is 18.8. The van der Waals surface area contributed by atoms with Gasteiger partial charge in [-0.25, -0.2) is 4.98 Å². The van der Waals surface area contributed by atoms with E-state index in [1.54, 1.807) is 28.8 Å². The molecule has 1 N–H and O–H groups in total. The second-order valence-electron chi connectivity index (χ2n) is 9.33. The summed E-state index contributed by atoms with van der Waals surface area (Å²) in [5, 5.41) is 13.0. The Labute approximate surface area is 206 Å². The number of Topliss-reactive ketones (excluding diaryl/α,β-unsaturated/α-hetero) is 1. The first kappa shape index (κ1) is 22.7. The second kappa shape index (κ2) is 8.62. The first-order valence-electron chi connectivity index (χ1n) is 11.0. The standard InChI is InChI=1S/C27H23ClN2O3S/c1-27(2)12-23-19(24(32)13-27)11-20(26(33)30(23)22-6-4-3-5-17(22)14-31)25-29-21(15-34-25)16-7-9-18(28)10-8-16/h3-11,15,31H,12-14H2,1-2H3. The van der Waals surface area contributed by atoms with Gasteiger partial charge in [0.05, 0.1) is 23.6 Å². The number of aliphatic hydroxyl groups excluding tert-OH is 1. The molecule has 1 aliphatic rings. The minimum atomic E-state index is -0.267. The Morgan fingerprint density at radius 2 is 1.79 bits per heavy atom.